The van der Waals surface area contributed by atoms with Gasteiger partial charge in [0.1, 0.15) is 4.32 Å². The number of carbonyl (C=O) groups excluding carboxylic acids is 1. The van der Waals surface area contributed by atoms with Crippen LogP contribution in [-0.4, -0.2) is 20.4 Å². The van der Waals surface area contributed by atoms with E-state index in [0.717, 1.165) is 10.7 Å². The van der Waals surface area contributed by atoms with Crippen molar-refractivity contribution in [1.82, 2.24) is 4.90 Å². The summed E-state index contributed by atoms with van der Waals surface area (Å²) in [6.07, 6.45) is 1.02. The number of thiocarbonyl (C=S) groups is 1. The highest BCUT2D eigenvalue weighted by molar-refractivity contribution is 8.23. The van der Waals surface area contributed by atoms with Gasteiger partial charge in [-0.1, -0.05) is 48.2 Å². The van der Waals surface area contributed by atoms with E-state index in [0.29, 0.717) is 5.25 Å². The van der Waals surface area contributed by atoms with Gasteiger partial charge in [-0.15, -0.1) is 0 Å². The van der Waals surface area contributed by atoms with Crippen molar-refractivity contribution >= 4 is 34.2 Å². The highest BCUT2D eigenvalue weighted by Gasteiger charge is 2.45. The van der Waals surface area contributed by atoms with E-state index in [9.17, 15) is 4.79 Å². The molecule has 2 atom stereocenters. The molecule has 1 aliphatic heterocycles. The Morgan fingerprint density at radius 3 is 3.00 bits per heavy atom. The van der Waals surface area contributed by atoms with Crippen LogP contribution in [0.3, 0.4) is 0 Å². The van der Waals surface area contributed by atoms with Gasteiger partial charge in [0, 0.05) is 12.2 Å². The van der Waals surface area contributed by atoms with Crippen molar-refractivity contribution in [2.45, 2.75) is 24.6 Å². The molecule has 3 rings (SSSR count). The smallest absolute Gasteiger partial charge is 0.225 e. The highest BCUT2D eigenvalue weighted by atomic mass is 32.2. The van der Waals surface area contributed by atoms with Gasteiger partial charge in [-0.3, -0.25) is 9.69 Å². The largest absolute Gasteiger partial charge is 0.289 e. The maximum Gasteiger partial charge on any atom is 0.225 e. The minimum absolute atomic E-state index is 0.0571. The second-order valence-electron chi connectivity index (χ2n) is 4.16. The molecule has 0 spiro atoms. The molecule has 0 aromatic heterocycles. The number of fused-ring (bicyclic) bond motifs is 3. The number of rotatable bonds is 0. The number of benzene rings is 1. The summed E-state index contributed by atoms with van der Waals surface area (Å²) < 4.78 is 0.733. The Labute approximate surface area is 104 Å². The zero-order valence-corrected chi connectivity index (χ0v) is 10.5. The normalized spacial score (nSPS) is 26.8. The molecule has 4 heteroatoms. The van der Waals surface area contributed by atoms with Gasteiger partial charge in [0.25, 0.3) is 0 Å². The standard InChI is InChI=1S/C12H11NOS2/c1-7(14)13-11-9-5-3-2-4-8(9)6-10(11)16-12(13)15/h2-5,10-11H,6H2,1H3/t10-,11+/m1/s1. The maximum absolute atomic E-state index is 11.6. The summed E-state index contributed by atoms with van der Waals surface area (Å²) in [5, 5.41) is 0.425. The minimum atomic E-state index is 0.0571. The lowest BCUT2D eigenvalue weighted by Crippen LogP contribution is -2.31. The summed E-state index contributed by atoms with van der Waals surface area (Å²) in [6.45, 7) is 1.59. The van der Waals surface area contributed by atoms with Crippen LogP contribution < -0.4 is 0 Å². The number of hydrogen-bond acceptors (Lipinski definition) is 3. The van der Waals surface area contributed by atoms with Crippen molar-refractivity contribution in [3.05, 3.63) is 35.4 Å². The van der Waals surface area contributed by atoms with Crippen LogP contribution in [-0.2, 0) is 11.2 Å². The molecule has 1 saturated heterocycles. The van der Waals surface area contributed by atoms with Gasteiger partial charge < -0.3 is 0 Å². The third-order valence-electron chi connectivity index (χ3n) is 3.21. The molecule has 0 N–H and O–H groups in total. The van der Waals surface area contributed by atoms with Crippen LogP contribution in [0.4, 0.5) is 0 Å². The molecule has 2 aliphatic rings. The van der Waals surface area contributed by atoms with Gasteiger partial charge in [-0.05, 0) is 17.5 Å². The summed E-state index contributed by atoms with van der Waals surface area (Å²) in [5.74, 6) is 0.0571. The molecule has 0 unspecified atom stereocenters. The fourth-order valence-electron chi connectivity index (χ4n) is 2.57. The summed E-state index contributed by atoms with van der Waals surface area (Å²) in [5.41, 5.74) is 2.63. The lowest BCUT2D eigenvalue weighted by molar-refractivity contribution is -0.126. The fourth-order valence-corrected chi connectivity index (χ4v) is 4.46. The van der Waals surface area contributed by atoms with Gasteiger partial charge in [0.15, 0.2) is 0 Å². The Kier molecular flexibility index (Phi) is 2.30. The van der Waals surface area contributed by atoms with Crippen LogP contribution in [0.15, 0.2) is 24.3 Å². The highest BCUT2D eigenvalue weighted by Crippen LogP contribution is 2.49. The van der Waals surface area contributed by atoms with Crippen molar-refractivity contribution in [3.8, 4) is 0 Å². The van der Waals surface area contributed by atoms with Crippen molar-refractivity contribution in [1.29, 1.82) is 0 Å². The summed E-state index contributed by atoms with van der Waals surface area (Å²) in [7, 11) is 0. The molecular formula is C12H11NOS2. The fraction of sp³-hybridized carbons (Fsp3) is 0.333. The Morgan fingerprint density at radius 2 is 2.25 bits per heavy atom. The number of thioether (sulfide) groups is 1. The van der Waals surface area contributed by atoms with Gasteiger partial charge in [0.05, 0.1) is 6.04 Å². The van der Waals surface area contributed by atoms with Crippen molar-refractivity contribution in [2.24, 2.45) is 0 Å². The van der Waals surface area contributed by atoms with Crippen LogP contribution in [0.1, 0.15) is 24.1 Å². The summed E-state index contributed by atoms with van der Waals surface area (Å²) in [6, 6.07) is 8.53. The SMILES string of the molecule is CC(=O)N1C(=S)S[C@@H]2Cc3ccccc3[C@@H]21. The average Bonchev–Trinajstić information content (AvgIpc) is 2.71. The zero-order chi connectivity index (χ0) is 11.3. The van der Waals surface area contributed by atoms with E-state index in [-0.39, 0.29) is 11.9 Å². The molecule has 1 fully saturated rings. The maximum atomic E-state index is 11.6. The van der Waals surface area contributed by atoms with E-state index in [1.54, 1.807) is 23.6 Å². The van der Waals surface area contributed by atoms with Crippen molar-refractivity contribution < 1.29 is 4.79 Å². The van der Waals surface area contributed by atoms with E-state index < -0.39 is 0 Å². The second kappa shape index (κ2) is 3.57. The molecule has 2 nitrogen and oxygen atoms in total. The zero-order valence-electron chi connectivity index (χ0n) is 8.84. The van der Waals surface area contributed by atoms with Crippen molar-refractivity contribution in [3.63, 3.8) is 0 Å². The van der Waals surface area contributed by atoms with Crippen LogP contribution in [0.5, 0.6) is 0 Å². The van der Waals surface area contributed by atoms with Crippen molar-refractivity contribution in [2.75, 3.05) is 0 Å². The van der Waals surface area contributed by atoms with Crippen LogP contribution >= 0.6 is 24.0 Å². The second-order valence-corrected chi connectivity index (χ2v) is 6.03. The lowest BCUT2D eigenvalue weighted by atomic mass is 10.1. The summed E-state index contributed by atoms with van der Waals surface area (Å²) in [4.78, 5) is 13.4. The first-order valence-electron chi connectivity index (χ1n) is 5.26. The first-order chi connectivity index (χ1) is 7.68. The molecule has 0 radical (unpaired) electrons. The predicted molar refractivity (Wildman–Crippen MR) is 69.4 cm³/mol. The number of hydrogen-bond donors (Lipinski definition) is 0. The molecule has 1 aromatic carbocycles. The number of amides is 1. The number of nitrogens with zero attached hydrogens (tertiary/aromatic N) is 1. The molecule has 1 amide bonds. The van der Waals surface area contributed by atoms with Crippen LogP contribution in [0.2, 0.25) is 0 Å². The van der Waals surface area contributed by atoms with Crippen LogP contribution in [0.25, 0.3) is 0 Å². The minimum Gasteiger partial charge on any atom is -0.289 e. The first kappa shape index (κ1) is 10.3. The molecule has 82 valence electrons. The Hall–Kier alpha value is -0.870. The van der Waals surface area contributed by atoms with Gasteiger partial charge in [0.2, 0.25) is 5.91 Å². The predicted octanol–water partition coefficient (Wildman–Crippen LogP) is 2.53. The summed E-state index contributed by atoms with van der Waals surface area (Å²) >= 11 is 6.93. The molecule has 0 bridgehead atoms. The first-order valence-corrected chi connectivity index (χ1v) is 6.55. The van der Waals surface area contributed by atoms with E-state index in [1.807, 2.05) is 6.07 Å². The Bertz CT molecular complexity index is 486. The molecule has 1 aromatic rings. The molecule has 1 heterocycles. The topological polar surface area (TPSA) is 20.3 Å². The van der Waals surface area contributed by atoms with E-state index in [2.05, 4.69) is 18.2 Å². The molecular weight excluding hydrogens is 238 g/mol. The van der Waals surface area contributed by atoms with E-state index >= 15 is 0 Å². The van der Waals surface area contributed by atoms with Gasteiger partial charge in [-0.25, -0.2) is 0 Å². The number of carbonyl (C=O) groups is 1. The van der Waals surface area contributed by atoms with Gasteiger partial charge >= 0.3 is 0 Å². The van der Waals surface area contributed by atoms with E-state index in [1.165, 1.54) is 11.1 Å². The van der Waals surface area contributed by atoms with Crippen LogP contribution in [0, 0.1) is 0 Å². The monoisotopic (exact) mass is 249 g/mol. The van der Waals surface area contributed by atoms with Gasteiger partial charge in [-0.2, -0.15) is 0 Å². The average molecular weight is 249 g/mol. The third-order valence-corrected chi connectivity index (χ3v) is 4.82. The Morgan fingerprint density at radius 1 is 1.50 bits per heavy atom. The quantitative estimate of drug-likeness (QED) is 0.659. The Balaban J connectivity index is 2.08. The van der Waals surface area contributed by atoms with E-state index in [4.69, 9.17) is 12.2 Å². The lowest BCUT2D eigenvalue weighted by Gasteiger charge is -2.22. The molecule has 16 heavy (non-hydrogen) atoms. The third kappa shape index (κ3) is 1.33. The molecule has 0 saturated carbocycles. The molecule has 1 aliphatic carbocycles.